The van der Waals surface area contributed by atoms with Crippen molar-refractivity contribution in [1.82, 2.24) is 5.32 Å². The van der Waals surface area contributed by atoms with Gasteiger partial charge in [0.05, 0.1) is 25.2 Å². The van der Waals surface area contributed by atoms with Crippen molar-refractivity contribution < 1.29 is 23.9 Å². The summed E-state index contributed by atoms with van der Waals surface area (Å²) >= 11 is 0. The zero-order valence-corrected chi connectivity index (χ0v) is 18.1. The van der Waals surface area contributed by atoms with E-state index in [1.54, 1.807) is 7.11 Å². The van der Waals surface area contributed by atoms with Crippen LogP contribution in [0.25, 0.3) is 0 Å². The summed E-state index contributed by atoms with van der Waals surface area (Å²) in [5.74, 6) is 1.19. The van der Waals surface area contributed by atoms with Crippen LogP contribution in [-0.2, 0) is 4.79 Å². The highest BCUT2D eigenvalue weighted by Gasteiger charge is 2.18. The van der Waals surface area contributed by atoms with Gasteiger partial charge in [-0.05, 0) is 54.7 Å². The number of nitro groups is 1. The second kappa shape index (κ2) is 9.96. The lowest BCUT2D eigenvalue weighted by Gasteiger charge is -2.21. The summed E-state index contributed by atoms with van der Waals surface area (Å²) < 4.78 is 16.0. The normalized spacial score (nSPS) is 11.7. The van der Waals surface area contributed by atoms with Gasteiger partial charge in [0.1, 0.15) is 11.5 Å². The van der Waals surface area contributed by atoms with Crippen LogP contribution in [0.2, 0.25) is 0 Å². The molecule has 1 unspecified atom stereocenters. The predicted octanol–water partition coefficient (Wildman–Crippen LogP) is 4.30. The molecule has 0 saturated carbocycles. The molecule has 2 aromatic carbocycles. The first-order valence-corrected chi connectivity index (χ1v) is 9.60. The summed E-state index contributed by atoms with van der Waals surface area (Å²) in [5.41, 5.74) is 2.93. The van der Waals surface area contributed by atoms with Crippen molar-refractivity contribution in [3.05, 3.63) is 57.1 Å². The lowest BCUT2D eigenvalue weighted by atomic mass is 9.93. The number of carbonyl (C=O) groups is 1. The smallest absolute Gasteiger partial charge is 0.311 e. The van der Waals surface area contributed by atoms with E-state index in [-0.39, 0.29) is 35.9 Å². The van der Waals surface area contributed by atoms with Crippen LogP contribution in [0.1, 0.15) is 49.4 Å². The van der Waals surface area contributed by atoms with E-state index in [2.05, 4.69) is 25.2 Å². The largest absolute Gasteiger partial charge is 0.496 e. The molecular weight excluding hydrogens is 388 g/mol. The average molecular weight is 416 g/mol. The first-order chi connectivity index (χ1) is 14.2. The van der Waals surface area contributed by atoms with Crippen LogP contribution in [0.4, 0.5) is 5.69 Å². The summed E-state index contributed by atoms with van der Waals surface area (Å²) in [6.45, 7) is 7.84. The maximum atomic E-state index is 12.4. The number of nitrogens with one attached hydrogen (secondary N) is 1. The number of nitrogens with zero attached hydrogens (tertiary/aromatic N) is 1. The minimum atomic E-state index is -0.542. The highest BCUT2D eigenvalue weighted by atomic mass is 16.6. The third-order valence-corrected chi connectivity index (χ3v) is 4.80. The van der Waals surface area contributed by atoms with Gasteiger partial charge in [0.25, 0.3) is 5.91 Å². The van der Waals surface area contributed by atoms with Gasteiger partial charge in [-0.2, -0.15) is 0 Å². The van der Waals surface area contributed by atoms with Gasteiger partial charge < -0.3 is 19.5 Å². The van der Waals surface area contributed by atoms with Crippen molar-refractivity contribution in [3.8, 4) is 17.2 Å². The average Bonchev–Trinajstić information content (AvgIpc) is 2.71. The fourth-order valence-electron chi connectivity index (χ4n) is 3.22. The number of carbonyl (C=O) groups excluding carboxylic acids is 1. The zero-order chi connectivity index (χ0) is 22.4. The lowest BCUT2D eigenvalue weighted by Crippen LogP contribution is -2.31. The maximum absolute atomic E-state index is 12.4. The third kappa shape index (κ3) is 5.40. The fourth-order valence-corrected chi connectivity index (χ4v) is 3.22. The number of rotatable bonds is 9. The van der Waals surface area contributed by atoms with Crippen LogP contribution in [0.5, 0.6) is 17.2 Å². The van der Waals surface area contributed by atoms with Crippen LogP contribution in [0.3, 0.4) is 0 Å². The molecule has 0 heterocycles. The number of methoxy groups -OCH3 is 2. The number of benzene rings is 2. The number of amides is 1. The molecule has 162 valence electrons. The van der Waals surface area contributed by atoms with Gasteiger partial charge >= 0.3 is 5.69 Å². The van der Waals surface area contributed by atoms with E-state index in [0.717, 1.165) is 22.4 Å². The molecule has 0 aliphatic carbocycles. The maximum Gasteiger partial charge on any atom is 0.311 e. The molecule has 2 aromatic rings. The van der Waals surface area contributed by atoms with E-state index in [0.29, 0.717) is 5.75 Å². The summed E-state index contributed by atoms with van der Waals surface area (Å²) in [6, 6.07) is 7.91. The molecule has 0 radical (unpaired) electrons. The first kappa shape index (κ1) is 23.0. The Labute approximate surface area is 176 Å². The summed E-state index contributed by atoms with van der Waals surface area (Å²) in [6.07, 6.45) is 0. The van der Waals surface area contributed by atoms with Gasteiger partial charge in [-0.15, -0.1) is 0 Å². The van der Waals surface area contributed by atoms with Crippen LogP contribution >= 0.6 is 0 Å². The van der Waals surface area contributed by atoms with E-state index in [9.17, 15) is 14.9 Å². The molecule has 30 heavy (non-hydrogen) atoms. The zero-order valence-electron chi connectivity index (χ0n) is 18.1. The number of aryl methyl sites for hydroxylation is 1. The van der Waals surface area contributed by atoms with Crippen LogP contribution in [-0.4, -0.2) is 31.7 Å². The Kier molecular flexibility index (Phi) is 7.63. The topological polar surface area (TPSA) is 99.9 Å². The van der Waals surface area contributed by atoms with Crippen molar-refractivity contribution >= 4 is 11.6 Å². The van der Waals surface area contributed by atoms with Crippen LogP contribution < -0.4 is 19.5 Å². The van der Waals surface area contributed by atoms with E-state index >= 15 is 0 Å². The third-order valence-electron chi connectivity index (χ3n) is 4.80. The second-order valence-corrected chi connectivity index (χ2v) is 7.27. The Bertz CT molecular complexity index is 926. The van der Waals surface area contributed by atoms with Gasteiger partial charge in [0.15, 0.2) is 6.61 Å². The summed E-state index contributed by atoms with van der Waals surface area (Å²) in [7, 11) is 2.99. The molecule has 0 bridgehead atoms. The molecule has 0 saturated heterocycles. The Morgan fingerprint density at radius 3 is 2.30 bits per heavy atom. The quantitative estimate of drug-likeness (QED) is 0.483. The highest BCUT2D eigenvalue weighted by molar-refractivity contribution is 5.78. The molecule has 1 atom stereocenters. The van der Waals surface area contributed by atoms with E-state index in [1.807, 2.05) is 19.9 Å². The molecule has 0 fully saturated rings. The Balaban J connectivity index is 2.06. The highest BCUT2D eigenvalue weighted by Crippen LogP contribution is 2.32. The molecule has 1 amide bonds. The van der Waals surface area contributed by atoms with E-state index in [4.69, 9.17) is 14.2 Å². The van der Waals surface area contributed by atoms with Gasteiger partial charge in [-0.25, -0.2) is 0 Å². The fraction of sp³-hybridized carbons (Fsp3) is 0.409. The first-order valence-electron chi connectivity index (χ1n) is 9.60. The van der Waals surface area contributed by atoms with Gasteiger partial charge in [-0.3, -0.25) is 14.9 Å². The van der Waals surface area contributed by atoms with Crippen LogP contribution in [0, 0.1) is 17.0 Å². The minimum absolute atomic E-state index is 0.0707. The Morgan fingerprint density at radius 1 is 1.07 bits per heavy atom. The van der Waals surface area contributed by atoms with Gasteiger partial charge in [-0.1, -0.05) is 13.8 Å². The number of hydrogen-bond acceptors (Lipinski definition) is 6. The van der Waals surface area contributed by atoms with Crippen molar-refractivity contribution in [2.75, 3.05) is 20.8 Å². The van der Waals surface area contributed by atoms with Gasteiger partial charge in [0, 0.05) is 12.1 Å². The van der Waals surface area contributed by atoms with E-state index < -0.39 is 4.92 Å². The molecule has 0 aliphatic rings. The number of hydrogen-bond donors (Lipinski definition) is 1. The van der Waals surface area contributed by atoms with Crippen molar-refractivity contribution in [2.45, 2.75) is 39.7 Å². The molecule has 8 heteroatoms. The summed E-state index contributed by atoms with van der Waals surface area (Å²) in [4.78, 5) is 22.8. The molecule has 0 spiro atoms. The molecule has 0 aliphatic heterocycles. The molecule has 0 aromatic heterocycles. The van der Waals surface area contributed by atoms with Crippen molar-refractivity contribution in [2.24, 2.45) is 0 Å². The number of nitro benzene ring substituents is 1. The molecule has 1 N–H and O–H groups in total. The SMILES string of the molecule is COc1cc(C)c(C(C)NC(=O)COc2ccc([N+](=O)[O-])c(OC)c2)cc1C(C)C. The minimum Gasteiger partial charge on any atom is -0.496 e. The summed E-state index contributed by atoms with van der Waals surface area (Å²) in [5, 5.41) is 13.9. The molecular formula is C22H28N2O6. The Morgan fingerprint density at radius 2 is 1.73 bits per heavy atom. The molecule has 8 nitrogen and oxygen atoms in total. The van der Waals surface area contributed by atoms with Gasteiger partial charge in [0.2, 0.25) is 5.75 Å². The predicted molar refractivity (Wildman–Crippen MR) is 114 cm³/mol. The monoisotopic (exact) mass is 416 g/mol. The standard InChI is InChI=1S/C22H28N2O6/c1-13(2)17-11-18(14(3)9-20(17)28-5)15(4)23-22(25)12-30-16-7-8-19(24(26)27)21(10-16)29-6/h7-11,13,15H,12H2,1-6H3,(H,23,25). The molecule has 2 rings (SSSR count). The number of ether oxygens (including phenoxy) is 3. The van der Waals surface area contributed by atoms with E-state index in [1.165, 1.54) is 25.3 Å². The lowest BCUT2D eigenvalue weighted by molar-refractivity contribution is -0.385. The van der Waals surface area contributed by atoms with Crippen LogP contribution in [0.15, 0.2) is 30.3 Å². The Hall–Kier alpha value is -3.29. The van der Waals surface area contributed by atoms with Crippen molar-refractivity contribution in [3.63, 3.8) is 0 Å². The van der Waals surface area contributed by atoms with Crippen molar-refractivity contribution in [1.29, 1.82) is 0 Å². The second-order valence-electron chi connectivity index (χ2n) is 7.27.